The van der Waals surface area contributed by atoms with Crippen LogP contribution < -0.4 is 16.1 Å². The zero-order valence-corrected chi connectivity index (χ0v) is 17.2. The minimum atomic E-state index is -0.217. The molecule has 8 nitrogen and oxygen atoms in total. The first kappa shape index (κ1) is 19.0. The van der Waals surface area contributed by atoms with Crippen LogP contribution in [0.2, 0.25) is 0 Å². The summed E-state index contributed by atoms with van der Waals surface area (Å²) >= 11 is 0. The Labute approximate surface area is 174 Å². The molecule has 1 aliphatic heterocycles. The van der Waals surface area contributed by atoms with Gasteiger partial charge >= 0.3 is 5.69 Å². The number of aryl methyl sites for hydroxylation is 1. The average Bonchev–Trinajstić information content (AvgIpc) is 3.57. The molecule has 3 heterocycles. The molecule has 0 radical (unpaired) electrons. The number of piperazine rings is 1. The van der Waals surface area contributed by atoms with Gasteiger partial charge in [-0.25, -0.2) is 9.78 Å². The number of nitrogens with zero attached hydrogens (tertiary/aromatic N) is 6. The molecule has 2 fully saturated rings. The number of benzene rings is 1. The summed E-state index contributed by atoms with van der Waals surface area (Å²) in [6.45, 7) is 5.03. The van der Waals surface area contributed by atoms with Crippen molar-refractivity contribution in [2.45, 2.75) is 25.9 Å². The fraction of sp³-hybridized carbons (Fsp3) is 0.455. The molecular weight excluding hydrogens is 380 g/mol. The second kappa shape index (κ2) is 7.68. The summed E-state index contributed by atoms with van der Waals surface area (Å²) in [5, 5.41) is 0.692. The van der Waals surface area contributed by atoms with E-state index in [-0.39, 0.29) is 11.2 Å². The van der Waals surface area contributed by atoms with Gasteiger partial charge in [-0.05, 0) is 43.0 Å². The standard InChI is InChI=1S/C22H26N6O2/c1-25-7-6-17(24-22(25)30)14-26-8-10-27(11-9-26)18-4-5-19-20(12-18)23-15-28(21(19)29)13-16-2-3-16/h4-7,12,15-16H,2-3,8-11,13-14H2,1H3. The number of rotatable bonds is 5. The average molecular weight is 406 g/mol. The lowest BCUT2D eigenvalue weighted by atomic mass is 10.2. The first-order chi connectivity index (χ1) is 14.6. The van der Waals surface area contributed by atoms with Gasteiger partial charge in [0.1, 0.15) is 0 Å². The van der Waals surface area contributed by atoms with Crippen molar-refractivity contribution in [2.75, 3.05) is 31.1 Å². The predicted molar refractivity (Wildman–Crippen MR) is 116 cm³/mol. The Morgan fingerprint density at radius 2 is 1.87 bits per heavy atom. The largest absolute Gasteiger partial charge is 0.369 e. The number of hydrogen-bond donors (Lipinski definition) is 0. The van der Waals surface area contributed by atoms with E-state index in [9.17, 15) is 9.59 Å². The highest BCUT2D eigenvalue weighted by atomic mass is 16.1. The monoisotopic (exact) mass is 406 g/mol. The van der Waals surface area contributed by atoms with Gasteiger partial charge in [-0.15, -0.1) is 0 Å². The molecule has 0 spiro atoms. The maximum absolute atomic E-state index is 12.7. The van der Waals surface area contributed by atoms with E-state index < -0.39 is 0 Å². The third-order valence-corrected chi connectivity index (χ3v) is 6.12. The van der Waals surface area contributed by atoms with Crippen molar-refractivity contribution in [2.24, 2.45) is 13.0 Å². The van der Waals surface area contributed by atoms with E-state index in [4.69, 9.17) is 0 Å². The van der Waals surface area contributed by atoms with Crippen molar-refractivity contribution in [3.8, 4) is 0 Å². The first-order valence-corrected chi connectivity index (χ1v) is 10.6. The second-order valence-corrected chi connectivity index (χ2v) is 8.42. The highest BCUT2D eigenvalue weighted by Crippen LogP contribution is 2.30. The van der Waals surface area contributed by atoms with Gasteiger partial charge in [0.05, 0.1) is 22.9 Å². The molecular formula is C22H26N6O2. The van der Waals surface area contributed by atoms with Crippen LogP contribution in [0, 0.1) is 5.92 Å². The quantitative estimate of drug-likeness (QED) is 0.634. The van der Waals surface area contributed by atoms with Crippen molar-refractivity contribution in [1.29, 1.82) is 0 Å². The normalized spacial score (nSPS) is 17.6. The second-order valence-electron chi connectivity index (χ2n) is 8.42. The highest BCUT2D eigenvalue weighted by Gasteiger charge is 2.23. The van der Waals surface area contributed by atoms with Crippen molar-refractivity contribution >= 4 is 16.6 Å². The van der Waals surface area contributed by atoms with E-state index >= 15 is 0 Å². The third kappa shape index (κ3) is 3.87. The Morgan fingerprint density at radius 1 is 1.07 bits per heavy atom. The molecule has 0 amide bonds. The van der Waals surface area contributed by atoms with E-state index in [2.05, 4.69) is 19.8 Å². The fourth-order valence-electron chi connectivity index (χ4n) is 4.03. The maximum atomic E-state index is 12.7. The van der Waals surface area contributed by atoms with Crippen molar-refractivity contribution < 1.29 is 0 Å². The van der Waals surface area contributed by atoms with Gasteiger partial charge in [0, 0.05) is 58.2 Å². The summed E-state index contributed by atoms with van der Waals surface area (Å²) < 4.78 is 3.24. The van der Waals surface area contributed by atoms with Crippen LogP contribution in [0.5, 0.6) is 0 Å². The predicted octanol–water partition coefficient (Wildman–Crippen LogP) is 1.22. The molecule has 156 valence electrons. The van der Waals surface area contributed by atoms with Gasteiger partial charge in [0.25, 0.3) is 5.56 Å². The van der Waals surface area contributed by atoms with Crippen LogP contribution in [0.4, 0.5) is 5.69 Å². The number of hydrogen-bond acceptors (Lipinski definition) is 6. The molecule has 1 saturated carbocycles. The molecule has 0 unspecified atom stereocenters. The molecule has 30 heavy (non-hydrogen) atoms. The minimum Gasteiger partial charge on any atom is -0.369 e. The Morgan fingerprint density at radius 3 is 2.60 bits per heavy atom. The Balaban J connectivity index is 1.26. The Hall–Kier alpha value is -3.00. The fourth-order valence-corrected chi connectivity index (χ4v) is 4.03. The summed E-state index contributed by atoms with van der Waals surface area (Å²) in [5.41, 5.74) is 2.51. The van der Waals surface area contributed by atoms with Crippen LogP contribution in [-0.2, 0) is 20.1 Å². The van der Waals surface area contributed by atoms with Gasteiger partial charge in [0.2, 0.25) is 0 Å². The Bertz CT molecular complexity index is 1190. The lowest BCUT2D eigenvalue weighted by Crippen LogP contribution is -2.46. The lowest BCUT2D eigenvalue weighted by Gasteiger charge is -2.36. The van der Waals surface area contributed by atoms with E-state index in [1.807, 2.05) is 24.3 Å². The van der Waals surface area contributed by atoms with Crippen molar-refractivity contribution in [3.63, 3.8) is 0 Å². The zero-order chi connectivity index (χ0) is 20.7. The molecule has 1 aliphatic carbocycles. The van der Waals surface area contributed by atoms with Crippen molar-refractivity contribution in [3.05, 3.63) is 63.3 Å². The first-order valence-electron chi connectivity index (χ1n) is 10.6. The number of anilines is 1. The van der Waals surface area contributed by atoms with E-state index in [0.717, 1.165) is 49.6 Å². The maximum Gasteiger partial charge on any atom is 0.347 e. The topological polar surface area (TPSA) is 76.3 Å². The molecule has 8 heteroatoms. The van der Waals surface area contributed by atoms with Crippen LogP contribution in [0.1, 0.15) is 18.5 Å². The van der Waals surface area contributed by atoms with Crippen LogP contribution in [0.15, 0.2) is 46.4 Å². The molecule has 0 atom stereocenters. The Kier molecular flexibility index (Phi) is 4.86. The van der Waals surface area contributed by atoms with Crippen LogP contribution in [-0.4, -0.2) is 50.2 Å². The summed E-state index contributed by atoms with van der Waals surface area (Å²) in [4.78, 5) is 37.8. The van der Waals surface area contributed by atoms with Crippen LogP contribution >= 0.6 is 0 Å². The van der Waals surface area contributed by atoms with E-state index in [1.165, 1.54) is 17.4 Å². The molecule has 0 bridgehead atoms. The molecule has 0 N–H and O–H groups in total. The van der Waals surface area contributed by atoms with E-state index in [1.54, 1.807) is 24.1 Å². The number of fused-ring (bicyclic) bond motifs is 1. The van der Waals surface area contributed by atoms with E-state index in [0.29, 0.717) is 17.8 Å². The highest BCUT2D eigenvalue weighted by molar-refractivity contribution is 5.81. The number of aromatic nitrogens is 4. The van der Waals surface area contributed by atoms with Gasteiger partial charge < -0.3 is 9.47 Å². The summed E-state index contributed by atoms with van der Waals surface area (Å²) in [6, 6.07) is 7.87. The van der Waals surface area contributed by atoms with Gasteiger partial charge in [0.15, 0.2) is 0 Å². The smallest absolute Gasteiger partial charge is 0.347 e. The molecule has 3 aromatic rings. The van der Waals surface area contributed by atoms with Gasteiger partial charge in [-0.3, -0.25) is 14.3 Å². The molecule has 1 aromatic carbocycles. The van der Waals surface area contributed by atoms with Gasteiger partial charge in [-0.1, -0.05) is 0 Å². The summed E-state index contributed by atoms with van der Waals surface area (Å²) in [6.07, 6.45) is 5.89. The summed E-state index contributed by atoms with van der Waals surface area (Å²) in [7, 11) is 1.71. The summed E-state index contributed by atoms with van der Waals surface area (Å²) in [5.74, 6) is 0.645. The molecule has 5 rings (SSSR count). The van der Waals surface area contributed by atoms with Crippen molar-refractivity contribution in [1.82, 2.24) is 24.0 Å². The minimum absolute atomic E-state index is 0.0600. The zero-order valence-electron chi connectivity index (χ0n) is 17.2. The molecule has 2 aliphatic rings. The van der Waals surface area contributed by atoms with Crippen LogP contribution in [0.25, 0.3) is 10.9 Å². The SMILES string of the molecule is Cn1ccc(CN2CCN(c3ccc4c(=O)n(CC5CC5)cnc4c3)CC2)nc1=O. The molecule has 2 aromatic heterocycles. The third-order valence-electron chi connectivity index (χ3n) is 6.12. The lowest BCUT2D eigenvalue weighted by molar-refractivity contribution is 0.246. The van der Waals surface area contributed by atoms with Gasteiger partial charge in [-0.2, -0.15) is 4.98 Å². The molecule has 1 saturated heterocycles. The van der Waals surface area contributed by atoms with Crippen LogP contribution in [0.3, 0.4) is 0 Å².